The minimum Gasteiger partial charge on any atom is -0.366 e. The molecule has 0 saturated heterocycles. The fraction of sp³-hybridized carbons (Fsp3) is 0. The molecule has 0 atom stereocenters. The Morgan fingerprint density at radius 3 is 2.93 bits per heavy atom. The number of nitrogens with one attached hydrogen (secondary N) is 2. The highest BCUT2D eigenvalue weighted by Gasteiger charge is 2.12. The number of carbonyl (C=O) groups excluding carboxylic acids is 1. The Labute approximate surface area is 85.4 Å². The van der Waals surface area contributed by atoms with E-state index in [1.165, 1.54) is 0 Å². The van der Waals surface area contributed by atoms with E-state index in [2.05, 4.69) is 16.3 Å². The second-order valence-electron chi connectivity index (χ2n) is 3.55. The van der Waals surface area contributed by atoms with Crippen LogP contribution in [0.15, 0.2) is 30.5 Å². The fourth-order valence-electron chi connectivity index (χ4n) is 1.89. The van der Waals surface area contributed by atoms with Crippen LogP contribution in [-0.2, 0) is 0 Å². The second-order valence-corrected chi connectivity index (χ2v) is 3.55. The van der Waals surface area contributed by atoms with Crippen molar-refractivity contribution in [2.75, 3.05) is 0 Å². The molecule has 4 N–H and O–H groups in total. The highest BCUT2D eigenvalue weighted by molar-refractivity contribution is 6.04. The zero-order valence-corrected chi connectivity index (χ0v) is 7.87. The van der Waals surface area contributed by atoms with E-state index >= 15 is 0 Å². The average molecular weight is 199 g/mol. The normalized spacial score (nSPS) is 11.2. The highest BCUT2D eigenvalue weighted by Crippen LogP contribution is 2.32. The number of fused-ring (bicyclic) bond motifs is 3. The monoisotopic (exact) mass is 199 g/mol. The maximum Gasteiger partial charge on any atom is 0.248 e. The Hall–Kier alpha value is -2.23. The van der Waals surface area contributed by atoms with Crippen LogP contribution >= 0.6 is 0 Å². The summed E-state index contributed by atoms with van der Waals surface area (Å²) in [6.45, 7) is 0. The van der Waals surface area contributed by atoms with Gasteiger partial charge in [0.25, 0.3) is 0 Å². The molecule has 1 aliphatic carbocycles. The topological polar surface area (TPSA) is 74.7 Å². The molecule has 0 spiro atoms. The molecular weight excluding hydrogens is 190 g/mol. The lowest BCUT2D eigenvalue weighted by Crippen LogP contribution is -2.10. The zero-order valence-electron chi connectivity index (χ0n) is 7.87. The van der Waals surface area contributed by atoms with Crippen LogP contribution in [0.2, 0.25) is 0 Å². The van der Waals surface area contributed by atoms with Gasteiger partial charge in [-0.25, -0.2) is 0 Å². The lowest BCUT2D eigenvalue weighted by Gasteiger charge is -1.96. The van der Waals surface area contributed by atoms with Gasteiger partial charge in [0, 0.05) is 22.7 Å². The van der Waals surface area contributed by atoms with Crippen LogP contribution in [0.5, 0.6) is 0 Å². The molecule has 4 heteroatoms. The number of hydrogen-bond donors (Lipinski definition) is 3. The van der Waals surface area contributed by atoms with Crippen LogP contribution in [0.3, 0.4) is 0 Å². The number of carbonyl (C=O) groups is 1. The molecule has 1 aliphatic heterocycles. The molecule has 15 heavy (non-hydrogen) atoms. The molecule has 0 bridgehead atoms. The van der Waals surface area contributed by atoms with Crippen molar-refractivity contribution in [2.24, 2.45) is 5.73 Å². The highest BCUT2D eigenvalue weighted by atomic mass is 16.1. The van der Waals surface area contributed by atoms with Crippen molar-refractivity contribution in [3.05, 3.63) is 36.0 Å². The van der Waals surface area contributed by atoms with Gasteiger partial charge >= 0.3 is 0 Å². The van der Waals surface area contributed by atoms with Crippen molar-refractivity contribution >= 4 is 16.7 Å². The minimum absolute atomic E-state index is 0.401. The third kappa shape index (κ3) is 1.05. The number of H-pyrrole nitrogens is 2. The van der Waals surface area contributed by atoms with Crippen LogP contribution in [0, 0.1) is 0 Å². The molecule has 1 amide bonds. The van der Waals surface area contributed by atoms with Gasteiger partial charge in [-0.15, -0.1) is 0 Å². The van der Waals surface area contributed by atoms with Gasteiger partial charge in [0.1, 0.15) is 0 Å². The van der Waals surface area contributed by atoms with Gasteiger partial charge in [-0.3, -0.25) is 4.79 Å². The lowest BCUT2D eigenvalue weighted by molar-refractivity contribution is 0.100. The summed E-state index contributed by atoms with van der Waals surface area (Å²) < 4.78 is 0. The van der Waals surface area contributed by atoms with Crippen molar-refractivity contribution in [1.29, 1.82) is 0 Å². The minimum atomic E-state index is -0.401. The van der Waals surface area contributed by atoms with E-state index in [0.717, 1.165) is 22.0 Å². The van der Waals surface area contributed by atoms with Crippen LogP contribution < -0.4 is 5.73 Å². The molecule has 1 aromatic rings. The summed E-state index contributed by atoms with van der Waals surface area (Å²) in [5.41, 5.74) is 7.88. The smallest absolute Gasteiger partial charge is 0.248 e. The van der Waals surface area contributed by atoms with Crippen molar-refractivity contribution in [3.63, 3.8) is 0 Å². The van der Waals surface area contributed by atoms with Gasteiger partial charge < -0.3 is 15.9 Å². The lowest BCUT2D eigenvalue weighted by atomic mass is 10.1. The van der Waals surface area contributed by atoms with Crippen LogP contribution in [0.4, 0.5) is 0 Å². The van der Waals surface area contributed by atoms with E-state index < -0.39 is 5.91 Å². The van der Waals surface area contributed by atoms with Crippen LogP contribution in [0.1, 0.15) is 10.4 Å². The van der Waals surface area contributed by atoms with Gasteiger partial charge in [0.05, 0.1) is 5.69 Å². The fourth-order valence-corrected chi connectivity index (χ4v) is 1.89. The Bertz CT molecular complexity index is 620. The Balaban J connectivity index is 2.38. The van der Waals surface area contributed by atoms with E-state index in [0.29, 0.717) is 5.56 Å². The quantitative estimate of drug-likeness (QED) is 0.548. The Morgan fingerprint density at radius 2 is 2.13 bits per heavy atom. The summed E-state index contributed by atoms with van der Waals surface area (Å²) in [5, 5.41) is 8.07. The first-order chi connectivity index (χ1) is 7.25. The van der Waals surface area contributed by atoms with Gasteiger partial charge in [-0.1, -0.05) is 6.07 Å². The summed E-state index contributed by atoms with van der Waals surface area (Å²) in [4.78, 5) is 11.0. The molecule has 1 aromatic carbocycles. The summed E-state index contributed by atoms with van der Waals surface area (Å²) in [7, 11) is 0. The van der Waals surface area contributed by atoms with Crippen LogP contribution in [0.25, 0.3) is 22.0 Å². The Kier molecular flexibility index (Phi) is 1.42. The number of primary amides is 1. The van der Waals surface area contributed by atoms with E-state index in [9.17, 15) is 4.79 Å². The predicted octanol–water partition coefficient (Wildman–Crippen LogP) is 1.70. The van der Waals surface area contributed by atoms with Crippen molar-refractivity contribution in [2.45, 2.75) is 0 Å². The van der Waals surface area contributed by atoms with E-state index in [4.69, 9.17) is 5.73 Å². The molecule has 3 rings (SSSR count). The summed E-state index contributed by atoms with van der Waals surface area (Å²) in [6, 6.07) is 7.52. The molecule has 0 fully saturated rings. The van der Waals surface area contributed by atoms with Crippen molar-refractivity contribution in [1.82, 2.24) is 10.2 Å². The number of amides is 1. The largest absolute Gasteiger partial charge is 0.366 e. The van der Waals surface area contributed by atoms with E-state index in [1.54, 1.807) is 6.07 Å². The maximum absolute atomic E-state index is 11.0. The molecule has 0 aromatic heterocycles. The van der Waals surface area contributed by atoms with E-state index in [1.807, 2.05) is 18.3 Å². The number of nitrogens with two attached hydrogens (primary N) is 1. The molecule has 4 nitrogen and oxygen atoms in total. The third-order valence-corrected chi connectivity index (χ3v) is 2.63. The first-order valence-corrected chi connectivity index (χ1v) is 4.64. The number of aromatic nitrogens is 2. The molecular formula is C11H9N3O. The first kappa shape index (κ1) is 8.11. The van der Waals surface area contributed by atoms with E-state index in [-0.39, 0.29) is 0 Å². The molecule has 1 heterocycles. The van der Waals surface area contributed by atoms with Gasteiger partial charge in [-0.2, -0.15) is 0 Å². The summed E-state index contributed by atoms with van der Waals surface area (Å²) in [5.74, 6) is -0.401. The molecule has 0 unspecified atom stereocenters. The number of aromatic amines is 2. The second kappa shape index (κ2) is 2.63. The Morgan fingerprint density at radius 1 is 1.27 bits per heavy atom. The van der Waals surface area contributed by atoms with Gasteiger partial charge in [0.15, 0.2) is 0 Å². The predicted molar refractivity (Wildman–Crippen MR) is 57.8 cm³/mol. The first-order valence-electron chi connectivity index (χ1n) is 4.64. The van der Waals surface area contributed by atoms with Gasteiger partial charge in [0.2, 0.25) is 5.91 Å². The average Bonchev–Trinajstić information content (AvgIpc) is 2.75. The number of rotatable bonds is 1. The summed E-state index contributed by atoms with van der Waals surface area (Å²) in [6.07, 6.45) is 1.89. The standard InChI is InChI=1S/C11H9N3O/c12-11(15)7-2-1-6-3-8-5-13-14-10(8)9(6)4-7/h1-5,13-14H,(H2,12,15). The molecule has 2 aliphatic rings. The molecule has 0 radical (unpaired) electrons. The van der Waals surface area contributed by atoms with Crippen molar-refractivity contribution in [3.8, 4) is 11.3 Å². The number of hydrogen-bond acceptors (Lipinski definition) is 1. The van der Waals surface area contributed by atoms with Crippen molar-refractivity contribution < 1.29 is 4.79 Å². The number of benzene rings is 1. The zero-order chi connectivity index (χ0) is 10.4. The SMILES string of the molecule is NC(=O)c1ccc2cc3c[nH][nH]c-3c2c1. The van der Waals surface area contributed by atoms with Gasteiger partial charge in [-0.05, 0) is 23.6 Å². The maximum atomic E-state index is 11.0. The molecule has 0 saturated carbocycles. The van der Waals surface area contributed by atoms with Crippen LogP contribution in [-0.4, -0.2) is 16.1 Å². The third-order valence-electron chi connectivity index (χ3n) is 2.63. The molecule has 74 valence electrons. The summed E-state index contributed by atoms with van der Waals surface area (Å²) >= 11 is 0.